The first-order valence-corrected chi connectivity index (χ1v) is 15.4. The third-order valence-electron chi connectivity index (χ3n) is 7.58. The zero-order chi connectivity index (χ0) is 31.3. The molecule has 228 valence electrons. The highest BCUT2D eigenvalue weighted by atomic mass is 32.2. The number of thioether (sulfide) groups is 1. The molecule has 8 nitrogen and oxygen atoms in total. The molecule has 0 spiro atoms. The second-order valence-corrected chi connectivity index (χ2v) is 11.5. The number of fused-ring (bicyclic) bond motifs is 1. The summed E-state index contributed by atoms with van der Waals surface area (Å²) < 4.78 is 26.3. The van der Waals surface area contributed by atoms with Gasteiger partial charge in [-0.05, 0) is 48.0 Å². The first-order chi connectivity index (χ1) is 22.0. The summed E-state index contributed by atoms with van der Waals surface area (Å²) in [5, 5.41) is 7.66. The molecule has 4 aromatic carbocycles. The summed E-state index contributed by atoms with van der Waals surface area (Å²) in [6.07, 6.45) is 0. The van der Waals surface area contributed by atoms with Crippen LogP contribution in [0.2, 0.25) is 0 Å². The van der Waals surface area contributed by atoms with Crippen molar-refractivity contribution in [3.63, 3.8) is 0 Å². The quantitative estimate of drug-likeness (QED) is 0.211. The van der Waals surface area contributed by atoms with E-state index in [4.69, 9.17) is 14.6 Å². The predicted octanol–water partition coefficient (Wildman–Crippen LogP) is 6.18. The maximum absolute atomic E-state index is 14.0. The van der Waals surface area contributed by atoms with Crippen molar-refractivity contribution in [1.82, 2.24) is 15.1 Å². The lowest BCUT2D eigenvalue weighted by Crippen LogP contribution is -2.42. The number of carbonyl (C=O) groups is 2. The fraction of sp³-hybridized carbons (Fsp3) is 0.171. The molecule has 0 unspecified atom stereocenters. The van der Waals surface area contributed by atoms with Gasteiger partial charge in [0, 0.05) is 23.2 Å². The molecule has 1 N–H and O–H groups in total. The Labute approximate surface area is 264 Å². The van der Waals surface area contributed by atoms with E-state index in [0.717, 1.165) is 22.3 Å². The van der Waals surface area contributed by atoms with Crippen LogP contribution in [-0.2, 0) is 16.1 Å². The fourth-order valence-electron chi connectivity index (χ4n) is 5.36. The standard InChI is InChI=1S/C35H31FN4O4S/c1-43-27-18-16-26(17-19-27)40-35-32(33(38-40)24-8-4-3-5-9-24)34(28-10-6-7-11-29(28)44-2)45-22-31(42)39(35)21-30(41)37-20-23-12-14-25(36)15-13-23/h3-19,34H,20-22H2,1-2H3,(H,37,41)/t34-/m1/s1. The number of nitrogens with one attached hydrogen (secondary N) is 1. The van der Waals surface area contributed by atoms with Crippen LogP contribution >= 0.6 is 11.8 Å². The smallest absolute Gasteiger partial charge is 0.240 e. The highest BCUT2D eigenvalue weighted by molar-refractivity contribution is 8.00. The molecule has 5 aromatic rings. The number of aromatic nitrogens is 2. The molecule has 0 bridgehead atoms. The van der Waals surface area contributed by atoms with Crippen LogP contribution in [0.15, 0.2) is 103 Å². The summed E-state index contributed by atoms with van der Waals surface area (Å²) in [6, 6.07) is 30.9. The maximum atomic E-state index is 14.0. The van der Waals surface area contributed by atoms with Crippen molar-refractivity contribution >= 4 is 29.4 Å². The van der Waals surface area contributed by atoms with Crippen molar-refractivity contribution in [3.05, 3.63) is 126 Å². The van der Waals surface area contributed by atoms with Gasteiger partial charge in [0.25, 0.3) is 0 Å². The maximum Gasteiger partial charge on any atom is 0.240 e. The van der Waals surface area contributed by atoms with Crippen LogP contribution in [0.1, 0.15) is 21.9 Å². The summed E-state index contributed by atoms with van der Waals surface area (Å²) in [6.45, 7) is -0.0398. The zero-order valence-electron chi connectivity index (χ0n) is 24.8. The third-order valence-corrected chi connectivity index (χ3v) is 8.82. The molecule has 2 heterocycles. The first-order valence-electron chi connectivity index (χ1n) is 14.4. The molecular weight excluding hydrogens is 591 g/mol. The molecule has 0 saturated carbocycles. The molecule has 45 heavy (non-hydrogen) atoms. The Hall–Kier alpha value is -5.09. The van der Waals surface area contributed by atoms with E-state index >= 15 is 0 Å². The number of benzene rings is 4. The molecule has 1 aliphatic heterocycles. The van der Waals surface area contributed by atoms with E-state index in [9.17, 15) is 14.0 Å². The molecule has 1 aliphatic rings. The summed E-state index contributed by atoms with van der Waals surface area (Å²) >= 11 is 1.47. The van der Waals surface area contributed by atoms with Crippen molar-refractivity contribution in [2.75, 3.05) is 31.4 Å². The second kappa shape index (κ2) is 13.3. The van der Waals surface area contributed by atoms with Gasteiger partial charge >= 0.3 is 0 Å². The molecule has 2 amide bonds. The van der Waals surface area contributed by atoms with Gasteiger partial charge in [0.05, 0.1) is 36.6 Å². The number of nitrogens with zero attached hydrogens (tertiary/aromatic N) is 3. The Morgan fingerprint density at radius 2 is 1.64 bits per heavy atom. The van der Waals surface area contributed by atoms with Crippen molar-refractivity contribution in [1.29, 1.82) is 0 Å². The van der Waals surface area contributed by atoms with E-state index in [1.54, 1.807) is 31.0 Å². The number of rotatable bonds is 9. The Kier molecular flexibility index (Phi) is 8.84. The van der Waals surface area contributed by atoms with E-state index in [-0.39, 0.29) is 41.7 Å². The van der Waals surface area contributed by atoms with Crippen molar-refractivity contribution < 1.29 is 23.5 Å². The molecule has 0 radical (unpaired) electrons. The Morgan fingerprint density at radius 1 is 0.933 bits per heavy atom. The molecule has 1 atom stereocenters. The summed E-state index contributed by atoms with van der Waals surface area (Å²) in [5.74, 6) is 1.05. The SMILES string of the molecule is COc1ccc(-n2nc(-c3ccccc3)c3c2N(CC(=O)NCc2ccc(F)cc2)C(=O)CS[C@@H]3c2ccccc2OC)cc1. The lowest BCUT2D eigenvalue weighted by Gasteiger charge is -2.23. The lowest BCUT2D eigenvalue weighted by molar-refractivity contribution is -0.123. The average molecular weight is 623 g/mol. The molecule has 1 aromatic heterocycles. The van der Waals surface area contributed by atoms with Gasteiger partial charge in [-0.15, -0.1) is 11.8 Å². The van der Waals surface area contributed by atoms with Crippen LogP contribution in [0.4, 0.5) is 10.2 Å². The molecular formula is C35H31FN4O4S. The average Bonchev–Trinajstić information content (AvgIpc) is 3.41. The van der Waals surface area contributed by atoms with Crippen LogP contribution in [0.25, 0.3) is 16.9 Å². The number of hydrogen-bond acceptors (Lipinski definition) is 6. The van der Waals surface area contributed by atoms with E-state index in [0.29, 0.717) is 28.7 Å². The number of anilines is 1. The van der Waals surface area contributed by atoms with E-state index in [1.165, 1.54) is 28.8 Å². The van der Waals surface area contributed by atoms with Gasteiger partial charge in [-0.2, -0.15) is 5.10 Å². The van der Waals surface area contributed by atoms with Crippen LogP contribution < -0.4 is 19.7 Å². The lowest BCUT2D eigenvalue weighted by atomic mass is 9.99. The molecule has 0 fully saturated rings. The van der Waals surface area contributed by atoms with E-state index < -0.39 is 0 Å². The number of carbonyl (C=O) groups excluding carboxylic acids is 2. The zero-order valence-corrected chi connectivity index (χ0v) is 25.6. The largest absolute Gasteiger partial charge is 0.497 e. The Bertz CT molecular complexity index is 1810. The second-order valence-electron chi connectivity index (χ2n) is 10.4. The minimum Gasteiger partial charge on any atom is -0.497 e. The van der Waals surface area contributed by atoms with Gasteiger partial charge < -0.3 is 14.8 Å². The number of para-hydroxylation sites is 1. The van der Waals surface area contributed by atoms with Gasteiger partial charge in [-0.25, -0.2) is 9.07 Å². The van der Waals surface area contributed by atoms with Crippen molar-refractivity contribution in [3.8, 4) is 28.4 Å². The van der Waals surface area contributed by atoms with Crippen molar-refractivity contribution in [2.45, 2.75) is 11.8 Å². The summed E-state index contributed by atoms with van der Waals surface area (Å²) in [5.41, 5.74) is 4.70. The summed E-state index contributed by atoms with van der Waals surface area (Å²) in [4.78, 5) is 28.9. The monoisotopic (exact) mass is 622 g/mol. The topological polar surface area (TPSA) is 85.7 Å². The van der Waals surface area contributed by atoms with E-state index in [2.05, 4.69) is 5.32 Å². The number of halogens is 1. The van der Waals surface area contributed by atoms with Crippen LogP contribution in [0.3, 0.4) is 0 Å². The van der Waals surface area contributed by atoms with Gasteiger partial charge in [0.15, 0.2) is 0 Å². The number of hydrogen-bond donors (Lipinski definition) is 1. The normalized spacial score (nSPS) is 14.4. The van der Waals surface area contributed by atoms with Crippen LogP contribution in [0, 0.1) is 5.82 Å². The molecule has 0 saturated heterocycles. The minimum absolute atomic E-state index is 0.124. The van der Waals surface area contributed by atoms with Gasteiger partial charge in [0.1, 0.15) is 29.7 Å². The third kappa shape index (κ3) is 6.28. The Morgan fingerprint density at radius 3 is 2.36 bits per heavy atom. The molecule has 0 aliphatic carbocycles. The number of methoxy groups -OCH3 is 2. The van der Waals surface area contributed by atoms with Gasteiger partial charge in [-0.3, -0.25) is 14.5 Å². The Balaban J connectivity index is 1.51. The fourth-order valence-corrected chi connectivity index (χ4v) is 6.59. The first kappa shape index (κ1) is 30.0. The van der Waals surface area contributed by atoms with Crippen LogP contribution in [-0.4, -0.2) is 48.1 Å². The summed E-state index contributed by atoms with van der Waals surface area (Å²) in [7, 11) is 3.23. The number of ether oxygens (including phenoxy) is 2. The van der Waals surface area contributed by atoms with E-state index in [1.807, 2.05) is 78.9 Å². The highest BCUT2D eigenvalue weighted by Crippen LogP contribution is 2.50. The molecule has 10 heteroatoms. The minimum atomic E-state index is -0.358. The van der Waals surface area contributed by atoms with Gasteiger partial charge in [-0.1, -0.05) is 60.7 Å². The number of amides is 2. The highest BCUT2D eigenvalue weighted by Gasteiger charge is 2.38. The molecule has 6 rings (SSSR count). The van der Waals surface area contributed by atoms with Crippen LogP contribution in [0.5, 0.6) is 11.5 Å². The predicted molar refractivity (Wildman–Crippen MR) is 173 cm³/mol. The van der Waals surface area contributed by atoms with Gasteiger partial charge in [0.2, 0.25) is 11.8 Å². The van der Waals surface area contributed by atoms with Crippen molar-refractivity contribution in [2.24, 2.45) is 0 Å².